The van der Waals surface area contributed by atoms with Gasteiger partial charge in [0, 0.05) is 5.56 Å². The number of hydrogen-bond acceptors (Lipinski definition) is 1. The zero-order chi connectivity index (χ0) is 13.5. The van der Waals surface area contributed by atoms with Gasteiger partial charge in [-0.25, -0.2) is 0 Å². The normalized spacial score (nSPS) is 12.4. The van der Waals surface area contributed by atoms with Crippen LogP contribution in [0.3, 0.4) is 0 Å². The summed E-state index contributed by atoms with van der Waals surface area (Å²) >= 11 is 0. The number of rotatable bonds is 5. The Morgan fingerprint density at radius 3 is 2.17 bits per heavy atom. The number of ketones is 1. The highest BCUT2D eigenvalue weighted by atomic mass is 16.1. The molecule has 0 radical (unpaired) electrons. The maximum Gasteiger partial charge on any atom is 0.159 e. The predicted molar refractivity (Wildman–Crippen MR) is 78.7 cm³/mol. The van der Waals surface area contributed by atoms with Gasteiger partial charge in [-0.1, -0.05) is 56.0 Å². The minimum absolute atomic E-state index is 0.0950. The van der Waals surface area contributed by atoms with E-state index >= 15 is 0 Å². The Labute approximate surface area is 110 Å². The fourth-order valence-electron chi connectivity index (χ4n) is 1.88. The first-order valence-electron chi connectivity index (χ1n) is 6.23. The Kier molecular flexibility index (Phi) is 5.31. The van der Waals surface area contributed by atoms with Gasteiger partial charge in [0.2, 0.25) is 0 Å². The van der Waals surface area contributed by atoms with Crippen molar-refractivity contribution >= 4 is 11.4 Å². The topological polar surface area (TPSA) is 17.1 Å². The lowest BCUT2D eigenvalue weighted by molar-refractivity contribution is 0.101. The maximum absolute atomic E-state index is 11.3. The number of carbonyl (C=O) groups excluding carboxylic acids is 1. The lowest BCUT2D eigenvalue weighted by Crippen LogP contribution is -1.93. The van der Waals surface area contributed by atoms with Gasteiger partial charge in [0.1, 0.15) is 0 Å². The van der Waals surface area contributed by atoms with E-state index in [-0.39, 0.29) is 5.78 Å². The molecule has 1 nitrogen and oxygen atoms in total. The lowest BCUT2D eigenvalue weighted by atomic mass is 9.96. The van der Waals surface area contributed by atoms with E-state index in [0.717, 1.165) is 17.5 Å². The van der Waals surface area contributed by atoms with Gasteiger partial charge in [-0.15, -0.1) is 0 Å². The Morgan fingerprint density at radius 2 is 1.78 bits per heavy atom. The van der Waals surface area contributed by atoms with Crippen molar-refractivity contribution in [3.8, 4) is 0 Å². The molecule has 0 spiro atoms. The third kappa shape index (κ3) is 3.30. The van der Waals surface area contributed by atoms with E-state index in [1.54, 1.807) is 6.92 Å². The molecule has 1 aromatic rings. The standard InChI is InChI=1S/C17H20O/c1-5-8-17(14(6-2)7-3)16-11-9-15(10-12-16)13(4)18/h5-6,8-12H,2,7H2,1,3-4H3/b8-5-,17-14-. The predicted octanol–water partition coefficient (Wildman–Crippen LogP) is 4.81. The SMILES string of the molecule is C=C/C(CC)=C(\C=C/C)c1ccc(C(C)=O)cc1. The number of hydrogen-bond donors (Lipinski definition) is 0. The molecule has 0 aliphatic heterocycles. The average Bonchev–Trinajstić information content (AvgIpc) is 2.39. The molecule has 0 heterocycles. The molecular weight excluding hydrogens is 220 g/mol. The molecule has 0 N–H and O–H groups in total. The number of allylic oxidation sites excluding steroid dienone is 5. The molecule has 0 aliphatic rings. The van der Waals surface area contributed by atoms with Crippen LogP contribution in [0.2, 0.25) is 0 Å². The molecule has 0 aliphatic carbocycles. The van der Waals surface area contributed by atoms with E-state index in [1.807, 2.05) is 43.3 Å². The molecule has 0 saturated carbocycles. The van der Waals surface area contributed by atoms with Gasteiger partial charge in [-0.2, -0.15) is 0 Å². The van der Waals surface area contributed by atoms with Crippen LogP contribution in [0.5, 0.6) is 0 Å². The molecule has 0 saturated heterocycles. The van der Waals surface area contributed by atoms with Crippen molar-refractivity contribution in [3.63, 3.8) is 0 Å². The van der Waals surface area contributed by atoms with E-state index in [9.17, 15) is 4.79 Å². The van der Waals surface area contributed by atoms with Gasteiger partial charge in [0.25, 0.3) is 0 Å². The van der Waals surface area contributed by atoms with Gasteiger partial charge in [0.15, 0.2) is 5.78 Å². The smallest absolute Gasteiger partial charge is 0.159 e. The zero-order valence-corrected chi connectivity index (χ0v) is 11.4. The molecule has 1 rings (SSSR count). The summed E-state index contributed by atoms with van der Waals surface area (Å²) in [5.41, 5.74) is 4.25. The number of benzene rings is 1. The minimum Gasteiger partial charge on any atom is -0.295 e. The third-order valence-corrected chi connectivity index (χ3v) is 2.91. The van der Waals surface area contributed by atoms with Crippen LogP contribution in [0.1, 0.15) is 43.1 Å². The molecule has 0 unspecified atom stereocenters. The molecule has 94 valence electrons. The first-order valence-corrected chi connectivity index (χ1v) is 6.23. The summed E-state index contributed by atoms with van der Waals surface area (Å²) in [4.78, 5) is 11.3. The zero-order valence-electron chi connectivity index (χ0n) is 11.4. The van der Waals surface area contributed by atoms with Gasteiger partial charge in [-0.05, 0) is 37.0 Å². The Balaban J connectivity index is 3.27. The van der Waals surface area contributed by atoms with Crippen LogP contribution in [0.15, 0.2) is 54.6 Å². The highest BCUT2D eigenvalue weighted by molar-refractivity contribution is 5.94. The van der Waals surface area contributed by atoms with Gasteiger partial charge in [0.05, 0.1) is 0 Å². The first kappa shape index (κ1) is 14.2. The van der Waals surface area contributed by atoms with Crippen LogP contribution < -0.4 is 0 Å². The Bertz CT molecular complexity index is 487. The van der Waals surface area contributed by atoms with Crippen LogP contribution in [0.25, 0.3) is 5.57 Å². The van der Waals surface area contributed by atoms with Crippen molar-refractivity contribution in [2.24, 2.45) is 0 Å². The van der Waals surface area contributed by atoms with Crippen LogP contribution in [-0.4, -0.2) is 5.78 Å². The van der Waals surface area contributed by atoms with Crippen molar-refractivity contribution < 1.29 is 4.79 Å². The Morgan fingerprint density at radius 1 is 1.22 bits per heavy atom. The molecule has 0 aromatic heterocycles. The van der Waals surface area contributed by atoms with Crippen molar-refractivity contribution in [1.82, 2.24) is 0 Å². The van der Waals surface area contributed by atoms with Crippen molar-refractivity contribution in [2.45, 2.75) is 27.2 Å². The maximum atomic E-state index is 11.3. The Hall–Kier alpha value is -1.89. The van der Waals surface area contributed by atoms with Crippen LogP contribution in [0, 0.1) is 0 Å². The molecule has 0 amide bonds. The van der Waals surface area contributed by atoms with E-state index in [2.05, 4.69) is 19.6 Å². The molecule has 1 aromatic carbocycles. The second-order valence-electron chi connectivity index (χ2n) is 4.13. The fourth-order valence-corrected chi connectivity index (χ4v) is 1.88. The van der Waals surface area contributed by atoms with Gasteiger partial charge in [-0.3, -0.25) is 4.79 Å². The highest BCUT2D eigenvalue weighted by Crippen LogP contribution is 2.23. The summed E-state index contributed by atoms with van der Waals surface area (Å²) in [5.74, 6) is 0.0950. The summed E-state index contributed by atoms with van der Waals surface area (Å²) in [6.45, 7) is 9.56. The highest BCUT2D eigenvalue weighted by Gasteiger charge is 2.04. The van der Waals surface area contributed by atoms with Crippen LogP contribution in [-0.2, 0) is 0 Å². The molecule has 0 atom stereocenters. The summed E-state index contributed by atoms with van der Waals surface area (Å²) in [6, 6.07) is 7.73. The number of carbonyl (C=O) groups is 1. The summed E-state index contributed by atoms with van der Waals surface area (Å²) in [7, 11) is 0. The van der Waals surface area contributed by atoms with E-state index in [4.69, 9.17) is 0 Å². The summed E-state index contributed by atoms with van der Waals surface area (Å²) < 4.78 is 0. The lowest BCUT2D eigenvalue weighted by Gasteiger charge is -2.08. The van der Waals surface area contributed by atoms with Gasteiger partial charge >= 0.3 is 0 Å². The van der Waals surface area contributed by atoms with Crippen LogP contribution >= 0.6 is 0 Å². The monoisotopic (exact) mass is 240 g/mol. The molecule has 0 bridgehead atoms. The van der Waals surface area contributed by atoms with Crippen LogP contribution in [0.4, 0.5) is 0 Å². The van der Waals surface area contributed by atoms with E-state index < -0.39 is 0 Å². The first-order chi connectivity index (χ1) is 8.63. The quantitative estimate of drug-likeness (QED) is 0.533. The fraction of sp³-hybridized carbons (Fsp3) is 0.235. The second kappa shape index (κ2) is 6.75. The largest absolute Gasteiger partial charge is 0.295 e. The van der Waals surface area contributed by atoms with E-state index in [0.29, 0.717) is 0 Å². The van der Waals surface area contributed by atoms with Gasteiger partial charge < -0.3 is 0 Å². The molecule has 18 heavy (non-hydrogen) atoms. The molecular formula is C17H20O. The average molecular weight is 240 g/mol. The molecule has 1 heteroatoms. The van der Waals surface area contributed by atoms with Crippen molar-refractivity contribution in [1.29, 1.82) is 0 Å². The summed E-state index contributed by atoms with van der Waals surface area (Å²) in [6.07, 6.45) is 6.95. The molecule has 0 fully saturated rings. The van der Waals surface area contributed by atoms with Crippen molar-refractivity contribution in [2.75, 3.05) is 0 Å². The van der Waals surface area contributed by atoms with Crippen molar-refractivity contribution in [3.05, 3.63) is 65.8 Å². The number of Topliss-reactive ketones (excluding diaryl/α,β-unsaturated/α-hetero) is 1. The third-order valence-electron chi connectivity index (χ3n) is 2.91. The van der Waals surface area contributed by atoms with E-state index in [1.165, 1.54) is 11.1 Å². The minimum atomic E-state index is 0.0950. The second-order valence-corrected chi connectivity index (χ2v) is 4.13. The summed E-state index contributed by atoms with van der Waals surface area (Å²) in [5, 5.41) is 0.